The lowest BCUT2D eigenvalue weighted by Crippen LogP contribution is -2.35. The second-order valence-electron chi connectivity index (χ2n) is 7.35. The molecule has 0 spiro atoms. The van der Waals surface area contributed by atoms with Crippen LogP contribution in [0.25, 0.3) is 0 Å². The molecule has 4 heterocycles. The number of hydrogen-bond acceptors (Lipinski definition) is 8. The number of nitrogens with one attached hydrogen (secondary N) is 1. The molecule has 5 rings (SSSR count). The third-order valence-electron chi connectivity index (χ3n) is 5.47. The van der Waals surface area contributed by atoms with Crippen molar-refractivity contribution in [3.63, 3.8) is 0 Å². The molecule has 1 saturated heterocycles. The Morgan fingerprint density at radius 2 is 2.12 bits per heavy atom. The van der Waals surface area contributed by atoms with Crippen LogP contribution < -0.4 is 10.2 Å². The summed E-state index contributed by atoms with van der Waals surface area (Å²) in [7, 11) is -3.23. The van der Waals surface area contributed by atoms with Crippen molar-refractivity contribution in [1.82, 2.24) is 19.9 Å². The summed E-state index contributed by atoms with van der Waals surface area (Å²) in [6.07, 6.45) is 7.36. The molecule has 2 fully saturated rings. The minimum absolute atomic E-state index is 0.0179. The van der Waals surface area contributed by atoms with Gasteiger partial charge in [-0.05, 0) is 24.8 Å². The summed E-state index contributed by atoms with van der Waals surface area (Å²) in [5, 5.41) is 2.85. The van der Waals surface area contributed by atoms with E-state index in [0.29, 0.717) is 19.0 Å². The van der Waals surface area contributed by atoms with Crippen LogP contribution >= 0.6 is 0 Å². The van der Waals surface area contributed by atoms with E-state index >= 15 is 0 Å². The molecule has 0 amide bonds. The zero-order valence-electron chi connectivity index (χ0n) is 14.2. The number of sulfone groups is 1. The standard InChI is InChI=1S/C17H20N6O2S/c24-26(25)9-12-6-20-17(19-5-11-1-2-11)22-16(12)13-7-23(8-14(13)26)15-3-4-18-10-21-15/h3-4,6,10-11,13-14H,1-2,5,7-9H2,(H,19,20,22)/t13-,14+/m0/s1. The predicted octanol–water partition coefficient (Wildman–Crippen LogP) is 0.989. The first-order chi connectivity index (χ1) is 12.6. The number of rotatable bonds is 4. The minimum atomic E-state index is -3.23. The van der Waals surface area contributed by atoms with E-state index in [-0.39, 0.29) is 11.7 Å². The van der Waals surface area contributed by atoms with Crippen molar-refractivity contribution in [2.24, 2.45) is 5.92 Å². The summed E-state index contributed by atoms with van der Waals surface area (Å²) >= 11 is 0. The molecule has 1 aliphatic carbocycles. The molecule has 0 aromatic carbocycles. The van der Waals surface area contributed by atoms with Crippen molar-refractivity contribution in [3.05, 3.63) is 36.0 Å². The van der Waals surface area contributed by atoms with E-state index < -0.39 is 15.1 Å². The molecule has 9 heteroatoms. The fourth-order valence-corrected chi connectivity index (χ4v) is 5.87. The van der Waals surface area contributed by atoms with Crippen LogP contribution in [0.4, 0.5) is 11.8 Å². The average molecular weight is 372 g/mol. The summed E-state index contributed by atoms with van der Waals surface area (Å²) < 4.78 is 25.6. The molecule has 0 unspecified atom stereocenters. The third-order valence-corrected chi connectivity index (χ3v) is 7.58. The largest absolute Gasteiger partial charge is 0.354 e. The maximum atomic E-state index is 12.8. The van der Waals surface area contributed by atoms with Crippen molar-refractivity contribution in [2.45, 2.75) is 29.8 Å². The van der Waals surface area contributed by atoms with E-state index in [0.717, 1.165) is 29.5 Å². The highest BCUT2D eigenvalue weighted by Crippen LogP contribution is 2.40. The Balaban J connectivity index is 1.47. The minimum Gasteiger partial charge on any atom is -0.354 e. The zero-order valence-corrected chi connectivity index (χ0v) is 15.1. The molecule has 2 aliphatic heterocycles. The molecule has 0 radical (unpaired) electrons. The van der Waals surface area contributed by atoms with Gasteiger partial charge in [0, 0.05) is 43.5 Å². The molecule has 2 atom stereocenters. The fourth-order valence-electron chi connectivity index (χ4n) is 3.88. The van der Waals surface area contributed by atoms with Gasteiger partial charge in [-0.3, -0.25) is 0 Å². The molecule has 2 aromatic heterocycles. The molecule has 26 heavy (non-hydrogen) atoms. The van der Waals surface area contributed by atoms with Crippen molar-refractivity contribution < 1.29 is 8.42 Å². The van der Waals surface area contributed by atoms with Crippen LogP contribution in [0.5, 0.6) is 0 Å². The van der Waals surface area contributed by atoms with Crippen molar-refractivity contribution >= 4 is 21.6 Å². The van der Waals surface area contributed by atoms with E-state index in [9.17, 15) is 8.42 Å². The van der Waals surface area contributed by atoms with E-state index in [2.05, 4.69) is 20.3 Å². The van der Waals surface area contributed by atoms with Gasteiger partial charge in [-0.25, -0.2) is 28.4 Å². The molecule has 3 aliphatic rings. The first kappa shape index (κ1) is 15.9. The number of hydrogen-bond donors (Lipinski definition) is 1. The van der Waals surface area contributed by atoms with Gasteiger partial charge in [-0.15, -0.1) is 0 Å². The molecule has 1 N–H and O–H groups in total. The average Bonchev–Trinajstić information content (AvgIpc) is 3.35. The molecule has 136 valence electrons. The van der Waals surface area contributed by atoms with E-state index in [1.807, 2.05) is 11.0 Å². The van der Waals surface area contributed by atoms with Gasteiger partial charge in [0.25, 0.3) is 0 Å². The lowest BCUT2D eigenvalue weighted by molar-refractivity contribution is 0.563. The van der Waals surface area contributed by atoms with Crippen LogP contribution in [0.3, 0.4) is 0 Å². The monoisotopic (exact) mass is 372 g/mol. The Kier molecular flexibility index (Phi) is 3.59. The van der Waals surface area contributed by atoms with Gasteiger partial charge >= 0.3 is 0 Å². The van der Waals surface area contributed by atoms with Gasteiger partial charge in [-0.1, -0.05) is 0 Å². The first-order valence-electron chi connectivity index (χ1n) is 8.92. The van der Waals surface area contributed by atoms with E-state index in [4.69, 9.17) is 4.98 Å². The first-order valence-corrected chi connectivity index (χ1v) is 10.6. The lowest BCUT2D eigenvalue weighted by Gasteiger charge is -2.26. The Labute approximate surface area is 152 Å². The van der Waals surface area contributed by atoms with Crippen molar-refractivity contribution in [3.8, 4) is 0 Å². The molecular weight excluding hydrogens is 352 g/mol. The maximum absolute atomic E-state index is 12.8. The van der Waals surface area contributed by atoms with E-state index in [1.165, 1.54) is 19.2 Å². The van der Waals surface area contributed by atoms with Crippen LogP contribution in [0.2, 0.25) is 0 Å². The summed E-state index contributed by atoms with van der Waals surface area (Å²) in [6.45, 7) is 1.92. The lowest BCUT2D eigenvalue weighted by atomic mass is 10.00. The second kappa shape index (κ2) is 5.87. The van der Waals surface area contributed by atoms with Gasteiger partial charge in [0.15, 0.2) is 9.84 Å². The molecule has 0 bridgehead atoms. The summed E-state index contributed by atoms with van der Waals surface area (Å²) in [6, 6.07) is 1.81. The normalized spacial score (nSPS) is 26.2. The topological polar surface area (TPSA) is 101 Å². The molecular formula is C17H20N6O2S. The van der Waals surface area contributed by atoms with Crippen LogP contribution in [0.1, 0.15) is 30.0 Å². The van der Waals surface area contributed by atoms with Crippen LogP contribution in [-0.4, -0.2) is 53.2 Å². The van der Waals surface area contributed by atoms with E-state index in [1.54, 1.807) is 12.4 Å². The number of anilines is 2. The highest BCUT2D eigenvalue weighted by Gasteiger charge is 2.47. The maximum Gasteiger partial charge on any atom is 0.222 e. The SMILES string of the molecule is O=S1(=O)Cc2cnc(NCC3CC3)nc2[C@H]2CN(c3ccncn3)C[C@H]21. The highest BCUT2D eigenvalue weighted by atomic mass is 32.2. The number of aromatic nitrogens is 4. The highest BCUT2D eigenvalue weighted by molar-refractivity contribution is 7.91. The Morgan fingerprint density at radius 1 is 1.23 bits per heavy atom. The van der Waals surface area contributed by atoms with Gasteiger partial charge < -0.3 is 10.2 Å². The molecule has 8 nitrogen and oxygen atoms in total. The fraction of sp³-hybridized carbons (Fsp3) is 0.529. The quantitative estimate of drug-likeness (QED) is 0.848. The summed E-state index contributed by atoms with van der Waals surface area (Å²) in [4.78, 5) is 19.3. The van der Waals surface area contributed by atoms with Crippen molar-refractivity contribution in [2.75, 3.05) is 29.9 Å². The zero-order chi connectivity index (χ0) is 17.7. The third kappa shape index (κ3) is 2.80. The van der Waals surface area contributed by atoms with Gasteiger partial charge in [0.2, 0.25) is 5.95 Å². The smallest absolute Gasteiger partial charge is 0.222 e. The van der Waals surface area contributed by atoms with Crippen LogP contribution in [0, 0.1) is 5.92 Å². The number of fused-ring (bicyclic) bond motifs is 3. The Hall–Kier alpha value is -2.29. The molecule has 1 saturated carbocycles. The van der Waals surface area contributed by atoms with Crippen molar-refractivity contribution in [1.29, 1.82) is 0 Å². The van der Waals surface area contributed by atoms with Gasteiger partial charge in [0.05, 0.1) is 16.7 Å². The molecule has 2 aromatic rings. The predicted molar refractivity (Wildman–Crippen MR) is 96.6 cm³/mol. The van der Waals surface area contributed by atoms with Gasteiger partial charge in [0.1, 0.15) is 12.1 Å². The van der Waals surface area contributed by atoms with Crippen LogP contribution in [-0.2, 0) is 15.6 Å². The Morgan fingerprint density at radius 3 is 2.88 bits per heavy atom. The van der Waals surface area contributed by atoms with Crippen LogP contribution in [0.15, 0.2) is 24.8 Å². The second-order valence-corrected chi connectivity index (χ2v) is 9.57. The number of nitrogens with zero attached hydrogens (tertiary/aromatic N) is 5. The Bertz CT molecular complexity index is 932. The summed E-state index contributed by atoms with van der Waals surface area (Å²) in [5.74, 6) is 1.96. The van der Waals surface area contributed by atoms with Gasteiger partial charge in [-0.2, -0.15) is 0 Å². The summed E-state index contributed by atoms with van der Waals surface area (Å²) in [5.41, 5.74) is 1.60.